The number of imidazole rings is 1. The van der Waals surface area contributed by atoms with E-state index in [9.17, 15) is 27.2 Å². The molecule has 1 aliphatic heterocycles. The average Bonchev–Trinajstić information content (AvgIpc) is 3.26. The summed E-state index contributed by atoms with van der Waals surface area (Å²) in [6.07, 6.45) is -0.540. The number of amides is 2. The zero-order valence-electron chi connectivity index (χ0n) is 19.0. The van der Waals surface area contributed by atoms with Crippen LogP contribution in [0.4, 0.5) is 23.2 Å². The molecule has 0 spiro atoms. The van der Waals surface area contributed by atoms with Gasteiger partial charge in [0.15, 0.2) is 23.3 Å². The highest BCUT2D eigenvalue weighted by Crippen LogP contribution is 2.37. The molecule has 2 atom stereocenters. The van der Waals surface area contributed by atoms with Crippen LogP contribution in [0.1, 0.15) is 36.8 Å². The minimum absolute atomic E-state index is 0.0533. The number of hydrogen-bond donors (Lipinski definition) is 1. The highest BCUT2D eigenvalue weighted by molar-refractivity contribution is 5.96. The third-order valence-electron chi connectivity index (χ3n) is 6.29. The van der Waals surface area contributed by atoms with Crippen molar-refractivity contribution >= 4 is 28.5 Å². The topological polar surface area (TPSA) is 67.2 Å². The normalized spacial score (nSPS) is 17.4. The minimum atomic E-state index is -1.73. The lowest BCUT2D eigenvalue weighted by molar-refractivity contribution is -0.142. The molecule has 184 valence electrons. The summed E-state index contributed by atoms with van der Waals surface area (Å²) in [7, 11) is 0. The van der Waals surface area contributed by atoms with E-state index in [0.29, 0.717) is 16.9 Å². The molecule has 2 heterocycles. The predicted octanol–water partition coefficient (Wildman–Crippen LogP) is 5.27. The summed E-state index contributed by atoms with van der Waals surface area (Å²) in [4.78, 5) is 32.8. The van der Waals surface area contributed by atoms with Gasteiger partial charge in [-0.3, -0.25) is 9.59 Å². The van der Waals surface area contributed by atoms with Crippen LogP contribution in [-0.4, -0.2) is 26.3 Å². The van der Waals surface area contributed by atoms with Crippen LogP contribution in [0.5, 0.6) is 0 Å². The molecule has 1 N–H and O–H groups in total. The average molecular weight is 496 g/mol. The number of halogens is 4. The largest absolute Gasteiger partial charge is 0.327 e. The van der Waals surface area contributed by atoms with Gasteiger partial charge in [0.25, 0.3) is 0 Å². The van der Waals surface area contributed by atoms with Crippen molar-refractivity contribution in [3.05, 3.63) is 95.3 Å². The van der Waals surface area contributed by atoms with Gasteiger partial charge in [0, 0.05) is 12.6 Å². The Morgan fingerprint density at radius 3 is 2.31 bits per heavy atom. The third kappa shape index (κ3) is 3.98. The summed E-state index contributed by atoms with van der Waals surface area (Å²) < 4.78 is 57.1. The third-order valence-corrected chi connectivity index (χ3v) is 6.29. The highest BCUT2D eigenvalue weighted by Gasteiger charge is 2.40. The molecule has 4 aromatic rings. The second kappa shape index (κ2) is 9.10. The Bertz CT molecular complexity index is 1460. The molecule has 3 aromatic carbocycles. The molecule has 0 radical (unpaired) electrons. The van der Waals surface area contributed by atoms with E-state index in [1.54, 1.807) is 33.7 Å². The Morgan fingerprint density at radius 2 is 1.61 bits per heavy atom. The molecule has 5 rings (SSSR count). The van der Waals surface area contributed by atoms with E-state index < -0.39 is 59.3 Å². The molecular weight excluding hydrogens is 476 g/mol. The molecule has 1 aliphatic rings. The summed E-state index contributed by atoms with van der Waals surface area (Å²) in [6, 6.07) is 14.9. The van der Waals surface area contributed by atoms with E-state index in [1.165, 1.54) is 0 Å². The molecule has 0 saturated heterocycles. The summed E-state index contributed by atoms with van der Waals surface area (Å²) in [5, 5.41) is 1.90. The van der Waals surface area contributed by atoms with Crippen LogP contribution >= 0.6 is 0 Å². The first-order valence-electron chi connectivity index (χ1n) is 11.2. The number of carbonyl (C=O) groups excluding carboxylic acids is 2. The van der Waals surface area contributed by atoms with E-state index in [1.807, 2.05) is 42.6 Å². The molecule has 0 aliphatic carbocycles. The van der Waals surface area contributed by atoms with Gasteiger partial charge in [-0.25, -0.2) is 22.5 Å². The number of anilines is 1. The monoisotopic (exact) mass is 496 g/mol. The van der Waals surface area contributed by atoms with E-state index in [2.05, 4.69) is 4.98 Å². The van der Waals surface area contributed by atoms with Gasteiger partial charge >= 0.3 is 0 Å². The quantitative estimate of drug-likeness (QED) is 0.303. The van der Waals surface area contributed by atoms with Gasteiger partial charge in [0.05, 0.1) is 23.5 Å². The second-order valence-corrected chi connectivity index (χ2v) is 8.57. The number of benzene rings is 3. The van der Waals surface area contributed by atoms with Crippen LogP contribution in [0.3, 0.4) is 0 Å². The number of aromatic nitrogens is 2. The van der Waals surface area contributed by atoms with Crippen molar-refractivity contribution in [2.24, 2.45) is 0 Å². The fourth-order valence-corrected chi connectivity index (χ4v) is 4.54. The van der Waals surface area contributed by atoms with Crippen LogP contribution in [0.25, 0.3) is 11.0 Å². The maximum absolute atomic E-state index is 14.1. The first-order valence-corrected chi connectivity index (χ1v) is 11.2. The van der Waals surface area contributed by atoms with Gasteiger partial charge in [-0.1, -0.05) is 42.5 Å². The predicted molar refractivity (Wildman–Crippen MR) is 124 cm³/mol. The smallest absolute Gasteiger partial charge is 0.247 e. The molecular formula is C26H20F4N4O2. The van der Waals surface area contributed by atoms with Crippen LogP contribution in [-0.2, 0) is 16.1 Å². The van der Waals surface area contributed by atoms with Gasteiger partial charge in [-0.2, -0.15) is 0 Å². The van der Waals surface area contributed by atoms with E-state index in [0.717, 1.165) is 5.56 Å². The summed E-state index contributed by atoms with van der Waals surface area (Å²) in [5.74, 6) is -7.61. The van der Waals surface area contributed by atoms with Crippen LogP contribution in [0, 0.1) is 23.3 Å². The molecule has 0 bridgehead atoms. The maximum atomic E-state index is 14.1. The molecule has 0 unspecified atom stereocenters. The first kappa shape index (κ1) is 23.5. The molecule has 0 saturated carbocycles. The van der Waals surface area contributed by atoms with Crippen molar-refractivity contribution < 1.29 is 27.2 Å². The maximum Gasteiger partial charge on any atom is 0.247 e. The van der Waals surface area contributed by atoms with Gasteiger partial charge in [0.1, 0.15) is 17.6 Å². The second-order valence-electron chi connectivity index (χ2n) is 8.57. The molecule has 36 heavy (non-hydrogen) atoms. The summed E-state index contributed by atoms with van der Waals surface area (Å²) in [5.41, 5.74) is 0.846. The Balaban J connectivity index is 1.53. The molecule has 2 amide bonds. The van der Waals surface area contributed by atoms with E-state index >= 15 is 0 Å². The Labute approximate surface area is 203 Å². The van der Waals surface area contributed by atoms with Gasteiger partial charge in [0.2, 0.25) is 11.8 Å². The summed E-state index contributed by atoms with van der Waals surface area (Å²) >= 11 is 0. The highest BCUT2D eigenvalue weighted by atomic mass is 19.2. The number of rotatable bonds is 5. The van der Waals surface area contributed by atoms with E-state index in [4.69, 9.17) is 0 Å². The van der Waals surface area contributed by atoms with Crippen LogP contribution in [0.2, 0.25) is 0 Å². The lowest BCUT2D eigenvalue weighted by Gasteiger charge is -2.38. The standard InChI is InChI=1S/C26H20F4N4O2/c1-14-25-31-18-9-5-6-10-19(18)34(25)20(26(36)33(14)13-15-7-3-2-4-8-15)12-21(35)32-24-22(29)16(27)11-17(28)23(24)30/h2-11,14,20H,12-13H2,1H3,(H,32,35)/t14-,20+/m1/s1. The number of fused-ring (bicyclic) bond motifs is 3. The van der Waals surface area contributed by atoms with Crippen molar-refractivity contribution in [2.45, 2.75) is 32.0 Å². The zero-order valence-corrected chi connectivity index (χ0v) is 19.0. The van der Waals surface area contributed by atoms with Crippen molar-refractivity contribution in [1.82, 2.24) is 14.5 Å². The van der Waals surface area contributed by atoms with Crippen molar-refractivity contribution in [2.75, 3.05) is 5.32 Å². The number of nitrogens with zero attached hydrogens (tertiary/aromatic N) is 3. The number of carbonyl (C=O) groups is 2. The zero-order chi connectivity index (χ0) is 25.6. The fourth-order valence-electron chi connectivity index (χ4n) is 4.54. The van der Waals surface area contributed by atoms with Gasteiger partial charge in [-0.15, -0.1) is 0 Å². The molecule has 10 heteroatoms. The van der Waals surface area contributed by atoms with Gasteiger partial charge < -0.3 is 14.8 Å². The van der Waals surface area contributed by atoms with Crippen LogP contribution in [0.15, 0.2) is 60.7 Å². The number of nitrogens with one attached hydrogen (secondary N) is 1. The number of para-hydroxylation sites is 2. The van der Waals surface area contributed by atoms with E-state index in [-0.39, 0.29) is 12.6 Å². The van der Waals surface area contributed by atoms with Crippen molar-refractivity contribution in [1.29, 1.82) is 0 Å². The Morgan fingerprint density at radius 1 is 0.972 bits per heavy atom. The minimum Gasteiger partial charge on any atom is -0.327 e. The molecule has 0 fully saturated rings. The SMILES string of the molecule is C[C@@H]1c2nc3ccccc3n2[C@@H](CC(=O)Nc2c(F)c(F)cc(F)c2F)C(=O)N1Cc1ccccc1. The first-order chi connectivity index (χ1) is 17.3. The Hall–Kier alpha value is -4.21. The summed E-state index contributed by atoms with van der Waals surface area (Å²) in [6.45, 7) is 2.08. The lowest BCUT2D eigenvalue weighted by Crippen LogP contribution is -2.45. The number of hydrogen-bond acceptors (Lipinski definition) is 3. The van der Waals surface area contributed by atoms with Crippen LogP contribution < -0.4 is 5.32 Å². The fraction of sp³-hybridized carbons (Fsp3) is 0.192. The molecule has 1 aromatic heterocycles. The van der Waals surface area contributed by atoms with Crippen molar-refractivity contribution in [3.63, 3.8) is 0 Å². The van der Waals surface area contributed by atoms with Crippen molar-refractivity contribution in [3.8, 4) is 0 Å². The van der Waals surface area contributed by atoms with Gasteiger partial charge in [-0.05, 0) is 24.6 Å². The Kier molecular flexibility index (Phi) is 5.95. The molecule has 6 nitrogen and oxygen atoms in total. The lowest BCUT2D eigenvalue weighted by atomic mass is 10.0.